The number of nitrogens with one attached hydrogen (secondary N) is 2. The van der Waals surface area contributed by atoms with E-state index >= 15 is 0 Å². The van der Waals surface area contributed by atoms with Crippen LogP contribution in [-0.4, -0.2) is 23.6 Å². The van der Waals surface area contributed by atoms with Crippen molar-refractivity contribution in [3.8, 4) is 0 Å². The molecule has 0 saturated heterocycles. The molecule has 0 aromatic carbocycles. The molecule has 1 rings (SSSR count). The Kier molecular flexibility index (Phi) is 5.56. The lowest BCUT2D eigenvalue weighted by Gasteiger charge is -2.27. The van der Waals surface area contributed by atoms with Gasteiger partial charge in [0.1, 0.15) is 5.01 Å². The summed E-state index contributed by atoms with van der Waals surface area (Å²) in [6, 6.07) is 0.332. The van der Waals surface area contributed by atoms with Crippen LogP contribution >= 0.6 is 11.3 Å². The number of aryl methyl sites for hydroxylation is 1. The van der Waals surface area contributed by atoms with Gasteiger partial charge in [-0.2, -0.15) is 0 Å². The van der Waals surface area contributed by atoms with Gasteiger partial charge in [-0.1, -0.05) is 13.8 Å². The lowest BCUT2D eigenvalue weighted by Crippen LogP contribution is -2.47. The Hall–Kier alpha value is -0.450. The normalized spacial score (nSPS) is 13.9. The molecule has 0 radical (unpaired) electrons. The van der Waals surface area contributed by atoms with E-state index in [1.165, 1.54) is 9.88 Å². The van der Waals surface area contributed by atoms with Crippen molar-refractivity contribution in [2.24, 2.45) is 0 Å². The highest BCUT2D eigenvalue weighted by Crippen LogP contribution is 2.20. The fourth-order valence-electron chi connectivity index (χ4n) is 1.72. The van der Waals surface area contributed by atoms with Crippen molar-refractivity contribution >= 4 is 11.3 Å². The third kappa shape index (κ3) is 4.74. The number of likely N-dealkylation sites (N-methyl/N-ethyl adjacent to an activating group) is 1. The molecule has 1 atom stereocenters. The van der Waals surface area contributed by atoms with E-state index < -0.39 is 0 Å². The predicted octanol–water partition coefficient (Wildman–Crippen LogP) is 2.74. The molecule has 0 fully saturated rings. The fraction of sp³-hybridized carbons (Fsp3) is 0.769. The van der Waals surface area contributed by atoms with Gasteiger partial charge in [0.2, 0.25) is 0 Å². The molecule has 4 heteroatoms. The van der Waals surface area contributed by atoms with Crippen LogP contribution in [0.25, 0.3) is 0 Å². The highest BCUT2D eigenvalue weighted by Gasteiger charge is 2.18. The van der Waals surface area contributed by atoms with Gasteiger partial charge in [0.05, 0.1) is 6.04 Å². The first kappa shape index (κ1) is 14.6. The van der Waals surface area contributed by atoms with Crippen molar-refractivity contribution in [2.45, 2.75) is 52.6 Å². The molecule has 0 aliphatic carbocycles. The molecule has 2 N–H and O–H groups in total. The second kappa shape index (κ2) is 6.47. The average Bonchev–Trinajstić information content (AvgIpc) is 2.74. The molecule has 98 valence electrons. The second-order valence-electron chi connectivity index (χ2n) is 5.04. The van der Waals surface area contributed by atoms with Crippen molar-refractivity contribution in [1.82, 2.24) is 15.6 Å². The van der Waals surface area contributed by atoms with Gasteiger partial charge in [0, 0.05) is 23.2 Å². The van der Waals surface area contributed by atoms with Gasteiger partial charge in [-0.05, 0) is 33.7 Å². The Labute approximate surface area is 109 Å². The third-order valence-corrected chi connectivity index (χ3v) is 4.12. The van der Waals surface area contributed by atoms with Gasteiger partial charge >= 0.3 is 0 Å². The van der Waals surface area contributed by atoms with Gasteiger partial charge in [-0.15, -0.1) is 11.3 Å². The fourth-order valence-corrected chi connectivity index (χ4v) is 2.61. The number of rotatable bonds is 7. The van der Waals surface area contributed by atoms with E-state index in [-0.39, 0.29) is 5.54 Å². The van der Waals surface area contributed by atoms with Crippen molar-refractivity contribution < 1.29 is 0 Å². The standard InChI is InChI=1S/C13H25N3S/c1-6-11-8-14-12(17-11)10(3)15-9-13(4,5)16-7-2/h8,10,15-16H,6-7,9H2,1-5H3. The first-order valence-corrected chi connectivity index (χ1v) is 7.23. The zero-order valence-electron chi connectivity index (χ0n) is 11.6. The molecular weight excluding hydrogens is 230 g/mol. The molecule has 3 nitrogen and oxygen atoms in total. The molecule has 1 aromatic heterocycles. The van der Waals surface area contributed by atoms with Gasteiger partial charge in [-0.3, -0.25) is 0 Å². The highest BCUT2D eigenvalue weighted by atomic mass is 32.1. The van der Waals surface area contributed by atoms with Crippen molar-refractivity contribution in [2.75, 3.05) is 13.1 Å². The van der Waals surface area contributed by atoms with Gasteiger partial charge < -0.3 is 10.6 Å². The minimum Gasteiger partial charge on any atom is -0.311 e. The Morgan fingerprint density at radius 1 is 1.41 bits per heavy atom. The Bertz CT molecular complexity index is 333. The van der Waals surface area contributed by atoms with E-state index in [2.05, 4.69) is 50.2 Å². The quantitative estimate of drug-likeness (QED) is 0.786. The van der Waals surface area contributed by atoms with Crippen LogP contribution in [0.15, 0.2) is 6.20 Å². The summed E-state index contributed by atoms with van der Waals surface area (Å²) >= 11 is 1.81. The van der Waals surface area contributed by atoms with Crippen LogP contribution in [0.1, 0.15) is 50.5 Å². The predicted molar refractivity (Wildman–Crippen MR) is 75.7 cm³/mol. The molecule has 1 heterocycles. The number of thiazole rings is 1. The van der Waals surface area contributed by atoms with Crippen LogP contribution in [0.5, 0.6) is 0 Å². The molecule has 0 aliphatic rings. The zero-order valence-corrected chi connectivity index (χ0v) is 12.4. The number of aromatic nitrogens is 1. The van der Waals surface area contributed by atoms with E-state index in [1.54, 1.807) is 0 Å². The van der Waals surface area contributed by atoms with Crippen molar-refractivity contribution in [3.05, 3.63) is 16.1 Å². The number of hydrogen-bond acceptors (Lipinski definition) is 4. The van der Waals surface area contributed by atoms with Crippen molar-refractivity contribution in [1.29, 1.82) is 0 Å². The van der Waals surface area contributed by atoms with Crippen LogP contribution in [0.2, 0.25) is 0 Å². The Balaban J connectivity index is 2.46. The van der Waals surface area contributed by atoms with E-state index in [1.807, 2.05) is 17.5 Å². The number of nitrogens with zero attached hydrogens (tertiary/aromatic N) is 1. The SMILES string of the molecule is CCNC(C)(C)CNC(C)c1ncc(CC)s1. The lowest BCUT2D eigenvalue weighted by molar-refractivity contribution is 0.357. The smallest absolute Gasteiger partial charge is 0.109 e. The monoisotopic (exact) mass is 255 g/mol. The summed E-state index contributed by atoms with van der Waals surface area (Å²) in [5.41, 5.74) is 0.133. The maximum Gasteiger partial charge on any atom is 0.109 e. The maximum atomic E-state index is 4.47. The van der Waals surface area contributed by atoms with Crippen LogP contribution in [0.4, 0.5) is 0 Å². The third-order valence-electron chi connectivity index (χ3n) is 2.80. The van der Waals surface area contributed by atoms with Crippen molar-refractivity contribution in [3.63, 3.8) is 0 Å². The van der Waals surface area contributed by atoms with E-state index in [0.717, 1.165) is 19.5 Å². The molecular formula is C13H25N3S. The van der Waals surface area contributed by atoms with Crippen LogP contribution in [-0.2, 0) is 6.42 Å². The maximum absolute atomic E-state index is 4.47. The zero-order chi connectivity index (χ0) is 12.9. The lowest BCUT2D eigenvalue weighted by atomic mass is 10.1. The summed E-state index contributed by atoms with van der Waals surface area (Å²) in [6.45, 7) is 12.9. The number of hydrogen-bond donors (Lipinski definition) is 2. The summed E-state index contributed by atoms with van der Waals surface area (Å²) in [7, 11) is 0. The van der Waals surface area contributed by atoms with Crippen LogP contribution < -0.4 is 10.6 Å². The molecule has 0 aliphatic heterocycles. The Morgan fingerprint density at radius 3 is 2.65 bits per heavy atom. The molecule has 0 amide bonds. The first-order valence-electron chi connectivity index (χ1n) is 6.41. The van der Waals surface area contributed by atoms with E-state index in [4.69, 9.17) is 0 Å². The second-order valence-corrected chi connectivity index (χ2v) is 6.18. The molecule has 0 spiro atoms. The average molecular weight is 255 g/mol. The van der Waals surface area contributed by atoms with Gasteiger partial charge in [0.25, 0.3) is 0 Å². The Morgan fingerprint density at radius 2 is 2.12 bits per heavy atom. The highest BCUT2D eigenvalue weighted by molar-refractivity contribution is 7.11. The van der Waals surface area contributed by atoms with E-state index in [0.29, 0.717) is 6.04 Å². The van der Waals surface area contributed by atoms with Gasteiger partial charge in [0.15, 0.2) is 0 Å². The minimum atomic E-state index is 0.133. The van der Waals surface area contributed by atoms with Crippen LogP contribution in [0.3, 0.4) is 0 Å². The summed E-state index contributed by atoms with van der Waals surface area (Å²) in [4.78, 5) is 5.83. The van der Waals surface area contributed by atoms with Gasteiger partial charge in [-0.25, -0.2) is 4.98 Å². The minimum absolute atomic E-state index is 0.133. The summed E-state index contributed by atoms with van der Waals surface area (Å²) in [5, 5.41) is 8.20. The molecule has 0 bridgehead atoms. The summed E-state index contributed by atoms with van der Waals surface area (Å²) < 4.78 is 0. The van der Waals surface area contributed by atoms with E-state index in [9.17, 15) is 0 Å². The molecule has 0 saturated carbocycles. The summed E-state index contributed by atoms with van der Waals surface area (Å²) in [5.74, 6) is 0. The summed E-state index contributed by atoms with van der Waals surface area (Å²) in [6.07, 6.45) is 3.07. The molecule has 1 aromatic rings. The molecule has 17 heavy (non-hydrogen) atoms. The molecule has 1 unspecified atom stereocenters. The van der Waals surface area contributed by atoms with Crippen LogP contribution in [0, 0.1) is 0 Å². The first-order chi connectivity index (χ1) is 7.98. The topological polar surface area (TPSA) is 37.0 Å². The largest absolute Gasteiger partial charge is 0.311 e.